The highest BCUT2D eigenvalue weighted by atomic mass is 32.2. The molecule has 1 fully saturated rings. The molecule has 1 saturated heterocycles. The summed E-state index contributed by atoms with van der Waals surface area (Å²) in [7, 11) is -6.97. The third-order valence-corrected chi connectivity index (χ3v) is 8.09. The highest BCUT2D eigenvalue weighted by Gasteiger charge is 2.38. The summed E-state index contributed by atoms with van der Waals surface area (Å²) in [6.07, 6.45) is 0.334. The van der Waals surface area contributed by atoms with Gasteiger partial charge in [0.2, 0.25) is 10.0 Å². The fraction of sp³-hybridized carbons (Fsp3) is 0.333. The maximum Gasteiger partial charge on any atom is 0.243 e. The van der Waals surface area contributed by atoms with E-state index >= 15 is 0 Å². The molecule has 0 aliphatic carbocycles. The smallest absolute Gasteiger partial charge is 0.229 e. The van der Waals surface area contributed by atoms with Gasteiger partial charge in [-0.1, -0.05) is 48.0 Å². The van der Waals surface area contributed by atoms with E-state index in [0.29, 0.717) is 6.42 Å². The summed E-state index contributed by atoms with van der Waals surface area (Å²) in [5, 5.41) is 0. The van der Waals surface area contributed by atoms with Crippen molar-refractivity contribution >= 4 is 19.9 Å². The number of benzene rings is 2. The Balaban J connectivity index is 1.99. The molecule has 25 heavy (non-hydrogen) atoms. The van der Waals surface area contributed by atoms with Crippen molar-refractivity contribution in [3.8, 4) is 0 Å². The van der Waals surface area contributed by atoms with Gasteiger partial charge in [-0.05, 0) is 31.0 Å². The third-order valence-electron chi connectivity index (χ3n) is 4.42. The van der Waals surface area contributed by atoms with E-state index in [9.17, 15) is 16.8 Å². The number of sulfone groups is 1. The fourth-order valence-electron chi connectivity index (χ4n) is 3.02. The van der Waals surface area contributed by atoms with Crippen LogP contribution in [0.4, 0.5) is 0 Å². The van der Waals surface area contributed by atoms with Crippen molar-refractivity contribution in [2.75, 3.05) is 11.5 Å². The topological polar surface area (TPSA) is 71.5 Å². The lowest BCUT2D eigenvalue weighted by Crippen LogP contribution is -2.40. The first kappa shape index (κ1) is 18.1. The van der Waals surface area contributed by atoms with E-state index in [1.54, 1.807) is 24.3 Å². The van der Waals surface area contributed by atoms with Crippen LogP contribution in [-0.2, 0) is 26.4 Å². The van der Waals surface area contributed by atoms with Crippen molar-refractivity contribution in [1.29, 1.82) is 0 Å². The van der Waals surface area contributed by atoms with Crippen LogP contribution in [0.15, 0.2) is 59.5 Å². The Bertz CT molecular complexity index is 936. The van der Waals surface area contributed by atoms with Crippen LogP contribution in [-0.4, -0.2) is 38.7 Å². The number of hydrogen-bond donors (Lipinski definition) is 0. The molecule has 1 aliphatic rings. The molecule has 5 nitrogen and oxygen atoms in total. The Kier molecular flexibility index (Phi) is 4.99. The molecule has 0 radical (unpaired) electrons. The number of nitrogens with zero attached hydrogens (tertiary/aromatic N) is 1. The fourth-order valence-corrected chi connectivity index (χ4v) is 6.49. The molecular formula is C18H21NO4S2. The van der Waals surface area contributed by atoms with Gasteiger partial charge in [0.25, 0.3) is 0 Å². The highest BCUT2D eigenvalue weighted by molar-refractivity contribution is 7.92. The van der Waals surface area contributed by atoms with E-state index in [2.05, 4.69) is 0 Å². The minimum Gasteiger partial charge on any atom is -0.229 e. The summed E-state index contributed by atoms with van der Waals surface area (Å²) in [6, 6.07) is 15.4. The number of aryl methyl sites for hydroxylation is 1. The van der Waals surface area contributed by atoms with E-state index in [1.807, 2.05) is 37.3 Å². The van der Waals surface area contributed by atoms with E-state index in [4.69, 9.17) is 0 Å². The average Bonchev–Trinajstić information content (AvgIpc) is 2.93. The van der Waals surface area contributed by atoms with Gasteiger partial charge in [-0.15, -0.1) is 0 Å². The highest BCUT2D eigenvalue weighted by Crippen LogP contribution is 2.27. The first-order valence-electron chi connectivity index (χ1n) is 8.11. The van der Waals surface area contributed by atoms with Crippen molar-refractivity contribution < 1.29 is 16.8 Å². The Morgan fingerprint density at radius 3 is 2.24 bits per heavy atom. The molecule has 0 saturated carbocycles. The molecule has 0 N–H and O–H groups in total. The third kappa shape index (κ3) is 4.11. The van der Waals surface area contributed by atoms with Gasteiger partial charge < -0.3 is 0 Å². The average molecular weight is 380 g/mol. The van der Waals surface area contributed by atoms with Crippen LogP contribution in [0.3, 0.4) is 0 Å². The lowest BCUT2D eigenvalue weighted by Gasteiger charge is -2.27. The largest absolute Gasteiger partial charge is 0.243 e. The first-order chi connectivity index (χ1) is 11.8. The van der Waals surface area contributed by atoms with Gasteiger partial charge in [0, 0.05) is 12.6 Å². The summed E-state index contributed by atoms with van der Waals surface area (Å²) in [5.74, 6) is -0.0860. The number of sulfonamides is 1. The Morgan fingerprint density at radius 1 is 1.04 bits per heavy atom. The predicted octanol–water partition coefficient (Wildman–Crippen LogP) is 2.37. The normalized spacial score (nSPS) is 20.0. The summed E-state index contributed by atoms with van der Waals surface area (Å²) < 4.78 is 51.5. The second-order valence-electron chi connectivity index (χ2n) is 6.41. The molecule has 3 rings (SSSR count). The molecule has 0 amide bonds. The van der Waals surface area contributed by atoms with E-state index < -0.39 is 25.9 Å². The number of rotatable bonds is 5. The van der Waals surface area contributed by atoms with Crippen LogP contribution < -0.4 is 0 Å². The van der Waals surface area contributed by atoms with Crippen molar-refractivity contribution in [1.82, 2.24) is 4.31 Å². The maximum atomic E-state index is 13.2. The van der Waals surface area contributed by atoms with Gasteiger partial charge in [0.05, 0.1) is 16.4 Å². The number of hydrogen-bond acceptors (Lipinski definition) is 4. The maximum absolute atomic E-state index is 13.2. The van der Waals surface area contributed by atoms with Gasteiger partial charge >= 0.3 is 0 Å². The minimum atomic E-state index is -3.78. The zero-order valence-electron chi connectivity index (χ0n) is 14.0. The van der Waals surface area contributed by atoms with Gasteiger partial charge in [-0.2, -0.15) is 4.31 Å². The van der Waals surface area contributed by atoms with E-state index in [0.717, 1.165) is 11.1 Å². The van der Waals surface area contributed by atoms with E-state index in [1.165, 1.54) is 4.31 Å². The Labute approximate surface area is 149 Å². The first-order valence-corrected chi connectivity index (χ1v) is 11.4. The molecule has 2 aromatic carbocycles. The van der Waals surface area contributed by atoms with Crippen molar-refractivity contribution in [3.05, 3.63) is 65.7 Å². The molecule has 0 spiro atoms. The van der Waals surface area contributed by atoms with Crippen molar-refractivity contribution in [2.24, 2.45) is 0 Å². The van der Waals surface area contributed by atoms with Crippen LogP contribution in [0, 0.1) is 6.92 Å². The van der Waals surface area contributed by atoms with Crippen LogP contribution in [0.2, 0.25) is 0 Å². The van der Waals surface area contributed by atoms with Crippen LogP contribution in [0.1, 0.15) is 17.5 Å². The Hall–Kier alpha value is -1.70. The van der Waals surface area contributed by atoms with Crippen molar-refractivity contribution in [3.63, 3.8) is 0 Å². The summed E-state index contributed by atoms with van der Waals surface area (Å²) in [5.41, 5.74) is 1.81. The monoisotopic (exact) mass is 379 g/mol. The molecule has 1 atom stereocenters. The molecule has 7 heteroatoms. The van der Waals surface area contributed by atoms with Gasteiger partial charge in [-0.25, -0.2) is 16.8 Å². The summed E-state index contributed by atoms with van der Waals surface area (Å²) >= 11 is 0. The lowest BCUT2D eigenvalue weighted by molar-refractivity contribution is 0.334. The molecular weight excluding hydrogens is 358 g/mol. The standard InChI is InChI=1S/C18H21NO4S2/c1-15-7-9-18(10-8-15)25(22,23)19(13-16-5-3-2-4-6-16)17-11-12-24(20,21)14-17/h2-10,17H,11-14H2,1H3. The summed E-state index contributed by atoms with van der Waals surface area (Å²) in [4.78, 5) is 0.193. The molecule has 1 unspecified atom stereocenters. The molecule has 1 heterocycles. The van der Waals surface area contributed by atoms with Crippen LogP contribution in [0.25, 0.3) is 0 Å². The minimum absolute atomic E-state index is 0.0341. The predicted molar refractivity (Wildman–Crippen MR) is 97.4 cm³/mol. The van der Waals surface area contributed by atoms with Crippen LogP contribution in [0.5, 0.6) is 0 Å². The van der Waals surface area contributed by atoms with Crippen molar-refractivity contribution in [2.45, 2.75) is 30.8 Å². The van der Waals surface area contributed by atoms with Crippen LogP contribution >= 0.6 is 0 Å². The second kappa shape index (κ2) is 6.90. The SMILES string of the molecule is Cc1ccc(S(=O)(=O)N(Cc2ccccc2)C2CCS(=O)(=O)C2)cc1. The lowest BCUT2D eigenvalue weighted by atomic mass is 10.2. The zero-order valence-corrected chi connectivity index (χ0v) is 15.6. The summed E-state index contributed by atoms with van der Waals surface area (Å²) in [6.45, 7) is 2.05. The zero-order chi connectivity index (χ0) is 18.1. The molecule has 1 aliphatic heterocycles. The molecule has 0 aromatic heterocycles. The molecule has 134 valence electrons. The Morgan fingerprint density at radius 2 is 1.68 bits per heavy atom. The van der Waals surface area contributed by atoms with Gasteiger partial charge in [-0.3, -0.25) is 0 Å². The van der Waals surface area contributed by atoms with Gasteiger partial charge in [0.15, 0.2) is 9.84 Å². The molecule has 0 bridgehead atoms. The van der Waals surface area contributed by atoms with Gasteiger partial charge in [0.1, 0.15) is 0 Å². The molecule has 2 aromatic rings. The second-order valence-corrected chi connectivity index (χ2v) is 10.5. The quantitative estimate of drug-likeness (QED) is 0.800. The van der Waals surface area contributed by atoms with E-state index in [-0.39, 0.29) is 22.9 Å².